The second-order valence-electron chi connectivity index (χ2n) is 6.29. The van der Waals surface area contributed by atoms with Crippen LogP contribution in [0.4, 0.5) is 5.95 Å². The predicted octanol–water partition coefficient (Wildman–Crippen LogP) is 2.99. The van der Waals surface area contributed by atoms with Gasteiger partial charge in [0.15, 0.2) is 0 Å². The third-order valence-electron chi connectivity index (χ3n) is 4.67. The van der Waals surface area contributed by atoms with E-state index < -0.39 is 0 Å². The van der Waals surface area contributed by atoms with Gasteiger partial charge in [-0.05, 0) is 45.2 Å². The molecule has 1 aromatic heterocycles. The summed E-state index contributed by atoms with van der Waals surface area (Å²) in [7, 11) is 0. The molecule has 2 fully saturated rings. The molecule has 1 aliphatic heterocycles. The van der Waals surface area contributed by atoms with Gasteiger partial charge < -0.3 is 5.32 Å². The van der Waals surface area contributed by atoms with Crippen molar-refractivity contribution in [1.82, 2.24) is 14.9 Å². The maximum Gasteiger partial charge on any atom is 0.223 e. The quantitative estimate of drug-likeness (QED) is 0.920. The third kappa shape index (κ3) is 3.48. The summed E-state index contributed by atoms with van der Waals surface area (Å²) in [5, 5.41) is 3.53. The number of nitrogens with one attached hydrogen (secondary N) is 1. The highest BCUT2D eigenvalue weighted by Crippen LogP contribution is 2.25. The Balaban J connectivity index is 1.57. The van der Waals surface area contributed by atoms with Crippen molar-refractivity contribution in [3.05, 3.63) is 18.0 Å². The Morgan fingerprint density at radius 1 is 1.15 bits per heavy atom. The van der Waals surface area contributed by atoms with Gasteiger partial charge in [-0.3, -0.25) is 4.90 Å². The van der Waals surface area contributed by atoms with Crippen molar-refractivity contribution in [2.75, 3.05) is 18.4 Å². The van der Waals surface area contributed by atoms with Crippen molar-refractivity contribution in [2.24, 2.45) is 0 Å². The summed E-state index contributed by atoms with van der Waals surface area (Å²) in [5.74, 6) is 0.792. The van der Waals surface area contributed by atoms with Crippen LogP contribution >= 0.6 is 0 Å². The Morgan fingerprint density at radius 2 is 2.00 bits per heavy atom. The minimum Gasteiger partial charge on any atom is -0.350 e. The average molecular weight is 274 g/mol. The van der Waals surface area contributed by atoms with E-state index in [0.717, 1.165) is 24.2 Å². The first-order valence-corrected chi connectivity index (χ1v) is 8.11. The number of hydrogen-bond acceptors (Lipinski definition) is 4. The lowest BCUT2D eigenvalue weighted by Crippen LogP contribution is -2.47. The standard InChI is InChI=1S/C16H26N4/c1-13-9-10-17-16(18-13)19-14-6-5-11-20(12-14)15-7-3-2-4-8-15/h9-10,14-15H,2-8,11-12H2,1H3,(H,17,18,19). The molecule has 0 bridgehead atoms. The fourth-order valence-corrected chi connectivity index (χ4v) is 3.60. The van der Waals surface area contributed by atoms with E-state index in [0.29, 0.717) is 6.04 Å². The molecule has 1 N–H and O–H groups in total. The first kappa shape index (κ1) is 13.8. The van der Waals surface area contributed by atoms with Crippen LogP contribution in [0.1, 0.15) is 50.6 Å². The van der Waals surface area contributed by atoms with E-state index in [1.165, 1.54) is 51.5 Å². The van der Waals surface area contributed by atoms with E-state index in [1.54, 1.807) is 0 Å². The summed E-state index contributed by atoms with van der Waals surface area (Å²) < 4.78 is 0. The van der Waals surface area contributed by atoms with Crippen LogP contribution in [0, 0.1) is 6.92 Å². The lowest BCUT2D eigenvalue weighted by molar-refractivity contribution is 0.124. The van der Waals surface area contributed by atoms with Crippen LogP contribution in [0.5, 0.6) is 0 Å². The molecule has 1 aromatic rings. The van der Waals surface area contributed by atoms with Gasteiger partial charge in [0, 0.05) is 30.5 Å². The van der Waals surface area contributed by atoms with Crippen molar-refractivity contribution in [2.45, 2.75) is 64.0 Å². The molecule has 1 saturated carbocycles. The molecule has 0 aromatic carbocycles. The van der Waals surface area contributed by atoms with Gasteiger partial charge in [0.2, 0.25) is 5.95 Å². The molecule has 1 aliphatic carbocycles. The highest BCUT2D eigenvalue weighted by molar-refractivity contribution is 5.26. The van der Waals surface area contributed by atoms with E-state index >= 15 is 0 Å². The van der Waals surface area contributed by atoms with Crippen molar-refractivity contribution >= 4 is 5.95 Å². The van der Waals surface area contributed by atoms with Crippen LogP contribution in [0.25, 0.3) is 0 Å². The van der Waals surface area contributed by atoms with Crippen LogP contribution < -0.4 is 5.32 Å². The zero-order valence-corrected chi connectivity index (χ0v) is 12.5. The SMILES string of the molecule is Cc1ccnc(NC2CCCN(C3CCCCC3)C2)n1. The lowest BCUT2D eigenvalue weighted by Gasteiger charge is -2.40. The molecule has 110 valence electrons. The van der Waals surface area contributed by atoms with E-state index in [9.17, 15) is 0 Å². The van der Waals surface area contributed by atoms with E-state index in [-0.39, 0.29) is 0 Å². The fraction of sp³-hybridized carbons (Fsp3) is 0.750. The first-order chi connectivity index (χ1) is 9.81. The summed E-state index contributed by atoms with van der Waals surface area (Å²) in [6, 6.07) is 3.28. The van der Waals surface area contributed by atoms with Gasteiger partial charge in [-0.15, -0.1) is 0 Å². The lowest BCUT2D eigenvalue weighted by atomic mass is 9.92. The predicted molar refractivity (Wildman–Crippen MR) is 81.9 cm³/mol. The van der Waals surface area contributed by atoms with Crippen LogP contribution in [-0.2, 0) is 0 Å². The zero-order chi connectivity index (χ0) is 13.8. The van der Waals surface area contributed by atoms with E-state index in [4.69, 9.17) is 0 Å². The Morgan fingerprint density at radius 3 is 2.80 bits per heavy atom. The van der Waals surface area contributed by atoms with Gasteiger partial charge in [-0.2, -0.15) is 0 Å². The summed E-state index contributed by atoms with van der Waals surface area (Å²) >= 11 is 0. The molecule has 0 amide bonds. The number of nitrogens with zero attached hydrogens (tertiary/aromatic N) is 3. The molecular weight excluding hydrogens is 248 g/mol. The van der Waals surface area contributed by atoms with Crippen molar-refractivity contribution < 1.29 is 0 Å². The molecule has 4 heteroatoms. The highest BCUT2D eigenvalue weighted by atomic mass is 15.2. The first-order valence-electron chi connectivity index (χ1n) is 8.11. The monoisotopic (exact) mass is 274 g/mol. The smallest absolute Gasteiger partial charge is 0.223 e. The molecule has 4 nitrogen and oxygen atoms in total. The number of likely N-dealkylation sites (tertiary alicyclic amines) is 1. The van der Waals surface area contributed by atoms with Crippen LogP contribution in [-0.4, -0.2) is 40.0 Å². The summed E-state index contributed by atoms with van der Waals surface area (Å²) in [6.07, 6.45) is 11.4. The molecule has 0 radical (unpaired) electrons. The summed E-state index contributed by atoms with van der Waals surface area (Å²) in [5.41, 5.74) is 1.03. The molecule has 1 unspecified atom stereocenters. The molecular formula is C16H26N4. The fourth-order valence-electron chi connectivity index (χ4n) is 3.60. The molecule has 2 heterocycles. The van der Waals surface area contributed by atoms with Gasteiger partial charge in [0.25, 0.3) is 0 Å². The topological polar surface area (TPSA) is 41.1 Å². The van der Waals surface area contributed by atoms with Crippen molar-refractivity contribution in [3.63, 3.8) is 0 Å². The Hall–Kier alpha value is -1.16. The normalized spacial score (nSPS) is 25.6. The number of rotatable bonds is 3. The molecule has 3 rings (SSSR count). The minimum absolute atomic E-state index is 0.507. The second-order valence-corrected chi connectivity index (χ2v) is 6.29. The van der Waals surface area contributed by atoms with Crippen LogP contribution in [0.3, 0.4) is 0 Å². The molecule has 1 saturated heterocycles. The molecule has 0 spiro atoms. The van der Waals surface area contributed by atoms with Gasteiger partial charge in [-0.25, -0.2) is 9.97 Å². The molecule has 20 heavy (non-hydrogen) atoms. The van der Waals surface area contributed by atoms with Gasteiger partial charge in [0.1, 0.15) is 0 Å². The summed E-state index contributed by atoms with van der Waals surface area (Å²) in [6.45, 7) is 4.45. The van der Waals surface area contributed by atoms with Crippen LogP contribution in [0.15, 0.2) is 12.3 Å². The number of hydrogen-bond donors (Lipinski definition) is 1. The number of aromatic nitrogens is 2. The third-order valence-corrected chi connectivity index (χ3v) is 4.67. The maximum atomic E-state index is 4.46. The Bertz CT molecular complexity index is 428. The largest absolute Gasteiger partial charge is 0.350 e. The van der Waals surface area contributed by atoms with Gasteiger partial charge in [0.05, 0.1) is 0 Å². The zero-order valence-electron chi connectivity index (χ0n) is 12.5. The molecule has 1 atom stereocenters. The second kappa shape index (κ2) is 6.53. The number of piperidine rings is 1. The average Bonchev–Trinajstić information content (AvgIpc) is 2.48. The summed E-state index contributed by atoms with van der Waals surface area (Å²) in [4.78, 5) is 11.5. The van der Waals surface area contributed by atoms with E-state index in [2.05, 4.69) is 20.2 Å². The molecule has 2 aliphatic rings. The van der Waals surface area contributed by atoms with Crippen LogP contribution in [0.2, 0.25) is 0 Å². The van der Waals surface area contributed by atoms with Crippen molar-refractivity contribution in [1.29, 1.82) is 0 Å². The minimum atomic E-state index is 0.507. The van der Waals surface area contributed by atoms with Gasteiger partial charge >= 0.3 is 0 Å². The Kier molecular flexibility index (Phi) is 4.51. The number of anilines is 1. The maximum absolute atomic E-state index is 4.46. The Labute approximate surface area is 122 Å². The van der Waals surface area contributed by atoms with Gasteiger partial charge in [-0.1, -0.05) is 19.3 Å². The van der Waals surface area contributed by atoms with Crippen molar-refractivity contribution in [3.8, 4) is 0 Å². The highest BCUT2D eigenvalue weighted by Gasteiger charge is 2.27. The number of aryl methyl sites for hydroxylation is 1. The van der Waals surface area contributed by atoms with E-state index in [1.807, 2.05) is 19.2 Å².